The zero-order chi connectivity index (χ0) is 12.6. The van der Waals surface area contributed by atoms with Gasteiger partial charge in [0.05, 0.1) is 13.2 Å². The van der Waals surface area contributed by atoms with Crippen molar-refractivity contribution in [2.24, 2.45) is 0 Å². The number of ether oxygens (including phenoxy) is 2. The maximum Gasteiger partial charge on any atom is 0.216 e. The predicted octanol–water partition coefficient (Wildman–Crippen LogP) is 1.88. The third-order valence-corrected chi connectivity index (χ3v) is 3.15. The Morgan fingerprint density at radius 3 is 2.65 bits per heavy atom. The highest BCUT2D eigenvalue weighted by atomic mass is 16.6. The van der Waals surface area contributed by atoms with Crippen LogP contribution in [0.25, 0.3) is 0 Å². The van der Waals surface area contributed by atoms with Gasteiger partial charge in [-0.3, -0.25) is 4.79 Å². The molecule has 1 aliphatic rings. The lowest BCUT2D eigenvalue weighted by Crippen LogP contribution is -2.20. The topological polar surface area (TPSA) is 50.9 Å². The van der Waals surface area contributed by atoms with Crippen molar-refractivity contribution in [3.05, 3.63) is 0 Å². The van der Waals surface area contributed by atoms with E-state index in [0.717, 1.165) is 52.0 Å². The minimum absolute atomic E-state index is 0.0580. The van der Waals surface area contributed by atoms with Crippen LogP contribution in [0.5, 0.6) is 0 Å². The Morgan fingerprint density at radius 2 is 2.06 bits per heavy atom. The number of hydrogen-bond donors (Lipinski definition) is 1. The van der Waals surface area contributed by atoms with Crippen LogP contribution in [-0.2, 0) is 14.3 Å². The number of unbranched alkanes of at least 4 members (excludes halogenated alkanes) is 3. The molecular weight excluding hydrogens is 218 g/mol. The third-order valence-electron chi connectivity index (χ3n) is 3.15. The van der Waals surface area contributed by atoms with Crippen LogP contribution in [-0.4, -0.2) is 37.9 Å². The van der Waals surface area contributed by atoms with Crippen molar-refractivity contribution in [2.45, 2.75) is 51.6 Å². The van der Waals surface area contributed by atoms with Crippen molar-refractivity contribution in [3.8, 4) is 0 Å². The summed E-state index contributed by atoms with van der Waals surface area (Å²) in [6.45, 7) is 6.92. The molecule has 1 fully saturated rings. The van der Waals surface area contributed by atoms with Gasteiger partial charge in [-0.25, -0.2) is 0 Å². The zero-order valence-electron chi connectivity index (χ0n) is 11.1. The van der Waals surface area contributed by atoms with Crippen LogP contribution in [0, 0.1) is 0 Å². The lowest BCUT2D eigenvalue weighted by atomic mass is 10.1. The minimum atomic E-state index is 0.0580. The fourth-order valence-corrected chi connectivity index (χ4v) is 1.70. The van der Waals surface area contributed by atoms with Crippen molar-refractivity contribution in [2.75, 3.05) is 26.4 Å². The smallest absolute Gasteiger partial charge is 0.216 e. The van der Waals surface area contributed by atoms with E-state index in [4.69, 9.17) is 9.47 Å². The first-order valence-electron chi connectivity index (χ1n) is 6.65. The Hall–Kier alpha value is -0.610. The first-order chi connectivity index (χ1) is 8.18. The molecule has 1 amide bonds. The summed E-state index contributed by atoms with van der Waals surface area (Å²) in [4.78, 5) is 10.6. The molecule has 17 heavy (non-hydrogen) atoms. The number of nitrogens with one attached hydrogen (secondary N) is 1. The second kappa shape index (κ2) is 7.67. The summed E-state index contributed by atoms with van der Waals surface area (Å²) >= 11 is 0. The summed E-state index contributed by atoms with van der Waals surface area (Å²) in [6, 6.07) is 0. The van der Waals surface area contributed by atoms with E-state index >= 15 is 0 Å². The lowest BCUT2D eigenvalue weighted by molar-refractivity contribution is -0.118. The van der Waals surface area contributed by atoms with Gasteiger partial charge in [-0.2, -0.15) is 0 Å². The van der Waals surface area contributed by atoms with E-state index in [1.165, 1.54) is 6.42 Å². The first kappa shape index (κ1) is 14.5. The Labute approximate surface area is 104 Å². The van der Waals surface area contributed by atoms with Gasteiger partial charge in [0, 0.05) is 20.1 Å². The summed E-state index contributed by atoms with van der Waals surface area (Å²) < 4.78 is 11.0. The zero-order valence-corrected chi connectivity index (χ0v) is 11.1. The van der Waals surface area contributed by atoms with Crippen LogP contribution in [0.4, 0.5) is 0 Å². The number of amides is 1. The summed E-state index contributed by atoms with van der Waals surface area (Å²) in [7, 11) is 0. The van der Waals surface area contributed by atoms with E-state index in [0.29, 0.717) is 0 Å². The van der Waals surface area contributed by atoms with E-state index in [-0.39, 0.29) is 11.5 Å². The van der Waals surface area contributed by atoms with Gasteiger partial charge in [0.2, 0.25) is 5.91 Å². The van der Waals surface area contributed by atoms with Gasteiger partial charge < -0.3 is 14.8 Å². The quantitative estimate of drug-likeness (QED) is 0.471. The molecular formula is C13H25NO3. The maximum absolute atomic E-state index is 10.6. The highest BCUT2D eigenvalue weighted by Gasteiger charge is 2.42. The number of epoxide rings is 1. The molecule has 1 aliphatic heterocycles. The average Bonchev–Trinajstić information content (AvgIpc) is 3.07. The molecule has 0 aromatic heterocycles. The molecule has 0 aliphatic carbocycles. The van der Waals surface area contributed by atoms with Crippen LogP contribution < -0.4 is 5.32 Å². The van der Waals surface area contributed by atoms with Gasteiger partial charge in [0.25, 0.3) is 0 Å². The third kappa shape index (κ3) is 6.64. The fourth-order valence-electron chi connectivity index (χ4n) is 1.70. The van der Waals surface area contributed by atoms with E-state index in [2.05, 4.69) is 12.2 Å². The molecule has 0 radical (unpaired) electrons. The first-order valence-corrected chi connectivity index (χ1v) is 6.65. The lowest BCUT2D eigenvalue weighted by Gasteiger charge is -2.09. The van der Waals surface area contributed by atoms with Crippen molar-refractivity contribution in [1.82, 2.24) is 5.32 Å². The van der Waals surface area contributed by atoms with Gasteiger partial charge in [0.1, 0.15) is 5.60 Å². The van der Waals surface area contributed by atoms with Gasteiger partial charge in [-0.15, -0.1) is 0 Å². The Kier molecular flexibility index (Phi) is 6.52. The second-order valence-corrected chi connectivity index (χ2v) is 4.78. The number of rotatable bonds is 10. The number of carbonyl (C=O) groups excluding carboxylic acids is 1. The standard InChI is InChI=1S/C13H25NO3/c1-3-13(11-17-13)10-16-9-7-5-4-6-8-14-12(2)15/h3-11H2,1-2H3,(H,14,15). The van der Waals surface area contributed by atoms with Gasteiger partial charge in [-0.05, 0) is 19.3 Å². The second-order valence-electron chi connectivity index (χ2n) is 4.78. The van der Waals surface area contributed by atoms with Crippen LogP contribution >= 0.6 is 0 Å². The molecule has 0 bridgehead atoms. The van der Waals surface area contributed by atoms with E-state index in [1.807, 2.05) is 0 Å². The van der Waals surface area contributed by atoms with Crippen LogP contribution in [0.3, 0.4) is 0 Å². The molecule has 1 saturated heterocycles. The van der Waals surface area contributed by atoms with E-state index in [1.54, 1.807) is 6.92 Å². The Bertz CT molecular complexity index is 227. The van der Waals surface area contributed by atoms with Crippen LogP contribution in [0.1, 0.15) is 46.0 Å². The molecule has 4 nitrogen and oxygen atoms in total. The molecule has 4 heteroatoms. The van der Waals surface area contributed by atoms with Crippen molar-refractivity contribution in [1.29, 1.82) is 0 Å². The predicted molar refractivity (Wildman–Crippen MR) is 66.9 cm³/mol. The monoisotopic (exact) mass is 243 g/mol. The summed E-state index contributed by atoms with van der Waals surface area (Å²) in [5, 5.41) is 2.80. The molecule has 1 heterocycles. The van der Waals surface area contributed by atoms with Crippen LogP contribution in [0.15, 0.2) is 0 Å². The normalized spacial score (nSPS) is 22.5. The SMILES string of the molecule is CCC1(COCCCCCCNC(C)=O)CO1. The molecule has 1 rings (SSSR count). The molecule has 1 N–H and O–H groups in total. The largest absolute Gasteiger partial charge is 0.378 e. The minimum Gasteiger partial charge on any atom is -0.378 e. The maximum atomic E-state index is 10.6. The summed E-state index contributed by atoms with van der Waals surface area (Å²) in [5.74, 6) is 0.0580. The van der Waals surface area contributed by atoms with E-state index < -0.39 is 0 Å². The van der Waals surface area contributed by atoms with Gasteiger partial charge in [0.15, 0.2) is 0 Å². The fraction of sp³-hybridized carbons (Fsp3) is 0.923. The molecule has 1 atom stereocenters. The van der Waals surface area contributed by atoms with E-state index in [9.17, 15) is 4.79 Å². The number of hydrogen-bond acceptors (Lipinski definition) is 3. The highest BCUT2D eigenvalue weighted by molar-refractivity contribution is 5.72. The van der Waals surface area contributed by atoms with Crippen molar-refractivity contribution >= 4 is 5.91 Å². The molecule has 0 aromatic rings. The van der Waals surface area contributed by atoms with Crippen molar-refractivity contribution < 1.29 is 14.3 Å². The Morgan fingerprint density at radius 1 is 1.35 bits per heavy atom. The molecule has 1 unspecified atom stereocenters. The molecule has 0 aromatic carbocycles. The highest BCUT2D eigenvalue weighted by Crippen LogP contribution is 2.30. The van der Waals surface area contributed by atoms with Gasteiger partial charge >= 0.3 is 0 Å². The molecule has 100 valence electrons. The van der Waals surface area contributed by atoms with Crippen molar-refractivity contribution in [3.63, 3.8) is 0 Å². The Balaban J connectivity index is 1.77. The van der Waals surface area contributed by atoms with Crippen LogP contribution in [0.2, 0.25) is 0 Å². The molecule has 0 spiro atoms. The molecule has 0 saturated carbocycles. The summed E-state index contributed by atoms with van der Waals surface area (Å²) in [6.07, 6.45) is 5.52. The van der Waals surface area contributed by atoms with Gasteiger partial charge in [-0.1, -0.05) is 19.8 Å². The number of carbonyl (C=O) groups is 1. The average molecular weight is 243 g/mol. The summed E-state index contributed by atoms with van der Waals surface area (Å²) in [5.41, 5.74) is 0.0609.